The van der Waals surface area contributed by atoms with Crippen molar-refractivity contribution in [2.75, 3.05) is 7.11 Å². The van der Waals surface area contributed by atoms with Crippen LogP contribution in [0.15, 0.2) is 57.4 Å². The van der Waals surface area contributed by atoms with Crippen LogP contribution in [0.1, 0.15) is 37.1 Å². The predicted octanol–water partition coefficient (Wildman–Crippen LogP) is 4.53. The van der Waals surface area contributed by atoms with Crippen molar-refractivity contribution in [1.29, 1.82) is 0 Å². The Labute approximate surface area is 174 Å². The molecule has 2 N–H and O–H groups in total. The van der Waals surface area contributed by atoms with Crippen LogP contribution in [-0.2, 0) is 12.0 Å². The molecule has 6 heteroatoms. The highest BCUT2D eigenvalue weighted by molar-refractivity contribution is 6.31. The Morgan fingerprint density at radius 1 is 1.38 bits per heavy atom. The Morgan fingerprint density at radius 3 is 2.90 bits per heavy atom. The molecule has 1 heterocycles. The van der Waals surface area contributed by atoms with Crippen LogP contribution in [0, 0.1) is 5.92 Å². The third-order valence-corrected chi connectivity index (χ3v) is 6.01. The fourth-order valence-corrected chi connectivity index (χ4v) is 4.90. The number of methoxy groups -OCH3 is 1. The number of aromatic hydroxyl groups is 1. The molecule has 2 atom stereocenters. The number of benzene rings is 1. The van der Waals surface area contributed by atoms with E-state index in [9.17, 15) is 9.90 Å². The Bertz CT molecular complexity index is 1130. The summed E-state index contributed by atoms with van der Waals surface area (Å²) in [6, 6.07) is 6.65. The standard InChI is InChI=1S/C23H23ClN2O3/c1-4-17-14-7-13(2)11-23(17,18-5-6-21(27)26-19(18)9-14)25-12-15-8-16(24)10-20(29-3)22(15)28/h4-8,10,12,14,28H,9,11H2,1-3H3,(H,26,27)/b17-4-,25-12?/t14-,23+/m0/s1. The molecule has 0 unspecified atom stereocenters. The molecule has 1 aromatic heterocycles. The normalized spacial score (nSPS) is 24.5. The molecule has 5 nitrogen and oxygen atoms in total. The smallest absolute Gasteiger partial charge is 0.248 e. The molecule has 2 aliphatic carbocycles. The van der Waals surface area contributed by atoms with Crippen molar-refractivity contribution in [3.05, 3.63) is 79.8 Å². The zero-order chi connectivity index (χ0) is 20.8. The third-order valence-electron chi connectivity index (χ3n) is 5.79. The number of aromatic amines is 1. The van der Waals surface area contributed by atoms with Crippen molar-refractivity contribution in [2.45, 2.75) is 32.2 Å². The Morgan fingerprint density at radius 2 is 2.17 bits per heavy atom. The number of aliphatic imine (C=N–C) groups is 1. The van der Waals surface area contributed by atoms with Gasteiger partial charge in [0.25, 0.3) is 0 Å². The van der Waals surface area contributed by atoms with Crippen LogP contribution in [0.4, 0.5) is 0 Å². The molecule has 0 saturated heterocycles. The number of allylic oxidation sites excluding steroid dienone is 2. The maximum absolute atomic E-state index is 11.9. The van der Waals surface area contributed by atoms with E-state index in [0.717, 1.165) is 17.7 Å². The molecule has 0 fully saturated rings. The lowest BCUT2D eigenvalue weighted by atomic mass is 9.63. The maximum atomic E-state index is 11.9. The zero-order valence-electron chi connectivity index (χ0n) is 16.6. The minimum atomic E-state index is -0.627. The number of phenolic OH excluding ortho intramolecular Hbond substituents is 1. The van der Waals surface area contributed by atoms with Gasteiger partial charge in [0.1, 0.15) is 5.54 Å². The van der Waals surface area contributed by atoms with Gasteiger partial charge in [-0.05, 0) is 38.0 Å². The molecule has 0 aliphatic heterocycles. The highest BCUT2D eigenvalue weighted by Gasteiger charge is 2.46. The molecule has 0 spiro atoms. The van der Waals surface area contributed by atoms with E-state index >= 15 is 0 Å². The number of hydrogen-bond donors (Lipinski definition) is 2. The van der Waals surface area contributed by atoms with Gasteiger partial charge in [-0.15, -0.1) is 0 Å². The lowest BCUT2D eigenvalue weighted by Crippen LogP contribution is -2.40. The summed E-state index contributed by atoms with van der Waals surface area (Å²) in [7, 11) is 1.48. The van der Waals surface area contributed by atoms with Gasteiger partial charge >= 0.3 is 0 Å². The van der Waals surface area contributed by atoms with E-state index < -0.39 is 5.54 Å². The molecule has 0 amide bonds. The van der Waals surface area contributed by atoms with Crippen LogP contribution in [0.2, 0.25) is 5.02 Å². The van der Waals surface area contributed by atoms with Gasteiger partial charge in [-0.2, -0.15) is 0 Å². The van der Waals surface area contributed by atoms with Crippen LogP contribution in [-0.4, -0.2) is 23.4 Å². The second kappa shape index (κ2) is 7.23. The first-order chi connectivity index (χ1) is 13.9. The van der Waals surface area contributed by atoms with Crippen molar-refractivity contribution < 1.29 is 9.84 Å². The first-order valence-electron chi connectivity index (χ1n) is 9.56. The Hall–Kier alpha value is -2.79. The van der Waals surface area contributed by atoms with Gasteiger partial charge in [0, 0.05) is 52.5 Å². The summed E-state index contributed by atoms with van der Waals surface area (Å²) in [5, 5.41) is 11.0. The van der Waals surface area contributed by atoms with Crippen LogP contribution in [0.5, 0.6) is 11.5 Å². The van der Waals surface area contributed by atoms with Gasteiger partial charge in [0.2, 0.25) is 5.56 Å². The molecule has 2 bridgehead atoms. The molecule has 0 saturated carbocycles. The minimum Gasteiger partial charge on any atom is -0.504 e. The number of pyridine rings is 1. The van der Waals surface area contributed by atoms with Gasteiger partial charge < -0.3 is 14.8 Å². The molecular weight excluding hydrogens is 388 g/mol. The van der Waals surface area contributed by atoms with Gasteiger partial charge in [-0.1, -0.05) is 29.3 Å². The van der Waals surface area contributed by atoms with Crippen molar-refractivity contribution in [3.63, 3.8) is 0 Å². The van der Waals surface area contributed by atoms with E-state index in [4.69, 9.17) is 21.3 Å². The van der Waals surface area contributed by atoms with Crippen LogP contribution in [0.25, 0.3) is 0 Å². The third kappa shape index (κ3) is 3.19. The first-order valence-corrected chi connectivity index (χ1v) is 9.94. The molecular formula is C23H23ClN2O3. The van der Waals surface area contributed by atoms with Gasteiger partial charge in [-0.3, -0.25) is 9.79 Å². The molecule has 2 aromatic rings. The molecule has 0 radical (unpaired) electrons. The van der Waals surface area contributed by atoms with Crippen LogP contribution < -0.4 is 10.3 Å². The SMILES string of the molecule is C/C=C1/[C@H]2C=C(C)C[C@]1(N=Cc1cc(Cl)cc(OC)c1O)c1ccc(=O)[nH]c1C2. The van der Waals surface area contributed by atoms with E-state index in [2.05, 4.69) is 24.1 Å². The van der Waals surface area contributed by atoms with Gasteiger partial charge in [-0.25, -0.2) is 0 Å². The molecule has 150 valence electrons. The lowest BCUT2D eigenvalue weighted by Gasteiger charge is -2.45. The largest absolute Gasteiger partial charge is 0.504 e. The number of hydrogen-bond acceptors (Lipinski definition) is 4. The number of nitrogens with zero attached hydrogens (tertiary/aromatic N) is 1. The van der Waals surface area contributed by atoms with Crippen LogP contribution >= 0.6 is 11.6 Å². The Balaban J connectivity index is 1.92. The highest BCUT2D eigenvalue weighted by Crippen LogP contribution is 2.52. The van der Waals surface area contributed by atoms with Crippen molar-refractivity contribution in [2.24, 2.45) is 10.9 Å². The fourth-order valence-electron chi connectivity index (χ4n) is 4.68. The molecule has 2 aliphatic rings. The number of H-pyrrole nitrogens is 1. The predicted molar refractivity (Wildman–Crippen MR) is 115 cm³/mol. The quantitative estimate of drug-likeness (QED) is 0.576. The van der Waals surface area contributed by atoms with E-state index in [1.54, 1.807) is 24.4 Å². The highest BCUT2D eigenvalue weighted by atomic mass is 35.5. The Kier molecular flexibility index (Phi) is 4.87. The molecule has 1 aromatic carbocycles. The van der Waals surface area contributed by atoms with Crippen molar-refractivity contribution in [1.82, 2.24) is 4.98 Å². The van der Waals surface area contributed by atoms with Gasteiger partial charge in [0.15, 0.2) is 11.5 Å². The average molecular weight is 411 g/mol. The second-order valence-electron chi connectivity index (χ2n) is 7.62. The number of phenols is 1. The monoisotopic (exact) mass is 410 g/mol. The number of fused-ring (bicyclic) bond motifs is 4. The van der Waals surface area contributed by atoms with E-state index in [-0.39, 0.29) is 17.2 Å². The number of nitrogens with one attached hydrogen (secondary N) is 1. The first kappa shape index (κ1) is 19.5. The summed E-state index contributed by atoms with van der Waals surface area (Å²) < 4.78 is 5.21. The summed E-state index contributed by atoms with van der Waals surface area (Å²) in [4.78, 5) is 20.0. The maximum Gasteiger partial charge on any atom is 0.248 e. The topological polar surface area (TPSA) is 74.7 Å². The zero-order valence-corrected chi connectivity index (χ0v) is 17.4. The summed E-state index contributed by atoms with van der Waals surface area (Å²) in [6.07, 6.45) is 7.49. The lowest BCUT2D eigenvalue weighted by molar-refractivity contribution is 0.373. The summed E-state index contributed by atoms with van der Waals surface area (Å²) in [5.74, 6) is 0.476. The van der Waals surface area contributed by atoms with Gasteiger partial charge in [0.05, 0.1) is 7.11 Å². The number of halogens is 1. The second-order valence-corrected chi connectivity index (χ2v) is 8.06. The number of aromatic nitrogens is 1. The summed E-state index contributed by atoms with van der Waals surface area (Å²) in [6.45, 7) is 4.14. The fraction of sp³-hybridized carbons (Fsp3) is 0.304. The van der Waals surface area contributed by atoms with E-state index in [1.807, 2.05) is 13.0 Å². The number of rotatable bonds is 3. The van der Waals surface area contributed by atoms with Crippen molar-refractivity contribution >= 4 is 17.8 Å². The number of ether oxygens (including phenoxy) is 1. The van der Waals surface area contributed by atoms with Crippen LogP contribution in [0.3, 0.4) is 0 Å². The van der Waals surface area contributed by atoms with E-state index in [0.29, 0.717) is 22.8 Å². The minimum absolute atomic E-state index is 0.00352. The summed E-state index contributed by atoms with van der Waals surface area (Å²) in [5.41, 5.74) is 4.12. The molecule has 29 heavy (non-hydrogen) atoms. The molecule has 4 rings (SSSR count). The summed E-state index contributed by atoms with van der Waals surface area (Å²) >= 11 is 6.19. The average Bonchev–Trinajstić information content (AvgIpc) is 2.67. The van der Waals surface area contributed by atoms with E-state index in [1.165, 1.54) is 18.3 Å². The van der Waals surface area contributed by atoms with Crippen molar-refractivity contribution in [3.8, 4) is 11.5 Å².